The summed E-state index contributed by atoms with van der Waals surface area (Å²) in [6, 6.07) is 5.89. The molecular formula is C17H28ClNO. The van der Waals surface area contributed by atoms with Gasteiger partial charge in [0.05, 0.1) is 7.11 Å². The average molecular weight is 298 g/mol. The van der Waals surface area contributed by atoms with E-state index in [9.17, 15) is 0 Å². The Morgan fingerprint density at radius 3 is 2.45 bits per heavy atom. The van der Waals surface area contributed by atoms with Gasteiger partial charge in [-0.25, -0.2) is 0 Å². The molecule has 0 heterocycles. The monoisotopic (exact) mass is 297 g/mol. The first-order chi connectivity index (χ1) is 9.28. The molecule has 0 aliphatic rings. The summed E-state index contributed by atoms with van der Waals surface area (Å²) in [5.74, 6) is 1.89. The summed E-state index contributed by atoms with van der Waals surface area (Å²) in [7, 11) is 1.72. The molecule has 0 saturated heterocycles. The molecule has 0 fully saturated rings. The van der Waals surface area contributed by atoms with Gasteiger partial charge in [0.15, 0.2) is 0 Å². The summed E-state index contributed by atoms with van der Waals surface area (Å²) in [5, 5.41) is 4.38. The molecule has 114 valence electrons. The Labute approximate surface area is 128 Å². The van der Waals surface area contributed by atoms with E-state index in [4.69, 9.17) is 16.3 Å². The molecule has 0 spiro atoms. The second-order valence-corrected chi connectivity index (χ2v) is 6.95. The number of nitrogens with one attached hydrogen (secondary N) is 1. The van der Waals surface area contributed by atoms with E-state index in [1.54, 1.807) is 7.11 Å². The second-order valence-electron chi connectivity index (χ2n) is 6.51. The molecule has 2 nitrogen and oxygen atoms in total. The molecule has 2 unspecified atom stereocenters. The number of hydrogen-bond acceptors (Lipinski definition) is 2. The Bertz CT molecular complexity index is 425. The van der Waals surface area contributed by atoms with Crippen molar-refractivity contribution < 1.29 is 4.74 Å². The zero-order valence-corrected chi connectivity index (χ0v) is 14.3. The van der Waals surface area contributed by atoms with Crippen LogP contribution in [0.25, 0.3) is 0 Å². The Morgan fingerprint density at radius 2 is 1.95 bits per heavy atom. The normalized spacial score (nSPS) is 14.9. The zero-order valence-electron chi connectivity index (χ0n) is 13.6. The molecular weight excluding hydrogens is 270 g/mol. The Hall–Kier alpha value is -0.730. The molecule has 0 radical (unpaired) electrons. The lowest BCUT2D eigenvalue weighted by Crippen LogP contribution is -2.39. The van der Waals surface area contributed by atoms with Gasteiger partial charge < -0.3 is 10.1 Å². The molecule has 2 atom stereocenters. The standard InChI is InChI=1S/C17H28ClNO/c1-7-12(2)15(11-19-17(3,4)5)14-10-13(18)8-9-16(14)20-6/h8-10,12,15,19H,7,11H2,1-6H3. The van der Waals surface area contributed by atoms with E-state index in [2.05, 4.69) is 39.9 Å². The van der Waals surface area contributed by atoms with E-state index in [1.807, 2.05) is 18.2 Å². The molecule has 0 aromatic heterocycles. The van der Waals surface area contributed by atoms with Crippen molar-refractivity contribution in [3.63, 3.8) is 0 Å². The number of methoxy groups -OCH3 is 1. The van der Waals surface area contributed by atoms with E-state index in [-0.39, 0.29) is 5.54 Å². The number of hydrogen-bond donors (Lipinski definition) is 1. The molecule has 1 N–H and O–H groups in total. The van der Waals surface area contributed by atoms with E-state index in [1.165, 1.54) is 5.56 Å². The molecule has 0 aliphatic carbocycles. The summed E-state index contributed by atoms with van der Waals surface area (Å²) in [5.41, 5.74) is 1.31. The lowest BCUT2D eigenvalue weighted by molar-refractivity contribution is 0.342. The highest BCUT2D eigenvalue weighted by Gasteiger charge is 2.23. The predicted molar refractivity (Wildman–Crippen MR) is 88.0 cm³/mol. The smallest absolute Gasteiger partial charge is 0.122 e. The fourth-order valence-electron chi connectivity index (χ4n) is 2.31. The van der Waals surface area contributed by atoms with Crippen molar-refractivity contribution >= 4 is 11.6 Å². The zero-order chi connectivity index (χ0) is 15.3. The molecule has 1 rings (SSSR count). The van der Waals surface area contributed by atoms with Crippen molar-refractivity contribution in [3.05, 3.63) is 28.8 Å². The molecule has 20 heavy (non-hydrogen) atoms. The number of benzene rings is 1. The maximum Gasteiger partial charge on any atom is 0.122 e. The SMILES string of the molecule is CCC(C)C(CNC(C)(C)C)c1cc(Cl)ccc1OC. The first-order valence-corrected chi connectivity index (χ1v) is 7.74. The Kier molecular flexibility index (Phi) is 6.35. The lowest BCUT2D eigenvalue weighted by Gasteiger charge is -2.30. The summed E-state index contributed by atoms with van der Waals surface area (Å²) >= 11 is 6.18. The van der Waals surface area contributed by atoms with Crippen LogP contribution in [-0.4, -0.2) is 19.2 Å². The van der Waals surface area contributed by atoms with E-state index in [0.717, 1.165) is 23.7 Å². The predicted octanol–water partition coefficient (Wildman–Crippen LogP) is 4.87. The molecule has 0 aliphatic heterocycles. The summed E-state index contributed by atoms with van der Waals surface area (Å²) in [4.78, 5) is 0. The third-order valence-electron chi connectivity index (χ3n) is 3.77. The molecule has 0 amide bonds. The van der Waals surface area contributed by atoms with Crippen LogP contribution in [0.1, 0.15) is 52.5 Å². The maximum atomic E-state index is 6.18. The van der Waals surface area contributed by atoms with Crippen LogP contribution in [0.2, 0.25) is 5.02 Å². The van der Waals surface area contributed by atoms with Gasteiger partial charge >= 0.3 is 0 Å². The third-order valence-corrected chi connectivity index (χ3v) is 4.01. The molecule has 1 aromatic rings. The first-order valence-electron chi connectivity index (χ1n) is 7.37. The van der Waals surface area contributed by atoms with E-state index in [0.29, 0.717) is 11.8 Å². The van der Waals surface area contributed by atoms with Crippen LogP contribution < -0.4 is 10.1 Å². The van der Waals surface area contributed by atoms with Gasteiger partial charge in [0.2, 0.25) is 0 Å². The van der Waals surface area contributed by atoms with Gasteiger partial charge in [-0.2, -0.15) is 0 Å². The highest BCUT2D eigenvalue weighted by Crippen LogP contribution is 2.35. The van der Waals surface area contributed by atoms with Gasteiger partial charge in [-0.1, -0.05) is 31.9 Å². The van der Waals surface area contributed by atoms with Crippen molar-refractivity contribution in [2.75, 3.05) is 13.7 Å². The number of ether oxygens (including phenoxy) is 1. The molecule has 1 aromatic carbocycles. The minimum atomic E-state index is 0.109. The van der Waals surface area contributed by atoms with Crippen molar-refractivity contribution in [3.8, 4) is 5.75 Å². The number of rotatable bonds is 6. The van der Waals surface area contributed by atoms with Crippen molar-refractivity contribution in [1.82, 2.24) is 5.32 Å². The third kappa shape index (κ3) is 4.99. The van der Waals surface area contributed by atoms with Crippen LogP contribution in [0, 0.1) is 5.92 Å². The minimum Gasteiger partial charge on any atom is -0.496 e. The molecule has 3 heteroatoms. The summed E-state index contributed by atoms with van der Waals surface area (Å²) in [6.45, 7) is 12.0. The van der Waals surface area contributed by atoms with Crippen molar-refractivity contribution in [1.29, 1.82) is 0 Å². The second kappa shape index (κ2) is 7.33. The van der Waals surface area contributed by atoms with Crippen LogP contribution in [0.4, 0.5) is 0 Å². The quantitative estimate of drug-likeness (QED) is 0.809. The van der Waals surface area contributed by atoms with Gasteiger partial charge in [-0.05, 0) is 44.9 Å². The summed E-state index contributed by atoms with van der Waals surface area (Å²) < 4.78 is 5.52. The highest BCUT2D eigenvalue weighted by molar-refractivity contribution is 6.30. The van der Waals surface area contributed by atoms with Crippen LogP contribution >= 0.6 is 11.6 Å². The molecule has 0 saturated carbocycles. The Morgan fingerprint density at radius 1 is 1.30 bits per heavy atom. The minimum absolute atomic E-state index is 0.109. The fourth-order valence-corrected chi connectivity index (χ4v) is 2.49. The maximum absolute atomic E-state index is 6.18. The van der Waals surface area contributed by atoms with Gasteiger partial charge in [0.25, 0.3) is 0 Å². The van der Waals surface area contributed by atoms with Crippen molar-refractivity contribution in [2.24, 2.45) is 5.92 Å². The van der Waals surface area contributed by atoms with Crippen LogP contribution in [0.15, 0.2) is 18.2 Å². The topological polar surface area (TPSA) is 21.3 Å². The van der Waals surface area contributed by atoms with Gasteiger partial charge in [-0.3, -0.25) is 0 Å². The Balaban J connectivity index is 3.07. The van der Waals surface area contributed by atoms with Crippen LogP contribution in [0.3, 0.4) is 0 Å². The van der Waals surface area contributed by atoms with E-state index >= 15 is 0 Å². The fraction of sp³-hybridized carbons (Fsp3) is 0.647. The van der Waals surface area contributed by atoms with Crippen molar-refractivity contribution in [2.45, 2.75) is 52.5 Å². The highest BCUT2D eigenvalue weighted by atomic mass is 35.5. The van der Waals surface area contributed by atoms with E-state index < -0.39 is 0 Å². The first kappa shape index (κ1) is 17.3. The number of halogens is 1. The van der Waals surface area contributed by atoms with Crippen LogP contribution in [0.5, 0.6) is 5.75 Å². The lowest BCUT2D eigenvalue weighted by atomic mass is 9.84. The molecule has 0 bridgehead atoms. The van der Waals surface area contributed by atoms with Crippen LogP contribution in [-0.2, 0) is 0 Å². The summed E-state index contributed by atoms with van der Waals surface area (Å²) in [6.07, 6.45) is 1.13. The average Bonchev–Trinajstić information content (AvgIpc) is 2.37. The van der Waals surface area contributed by atoms with Gasteiger partial charge in [-0.15, -0.1) is 0 Å². The van der Waals surface area contributed by atoms with Gasteiger partial charge in [0.1, 0.15) is 5.75 Å². The largest absolute Gasteiger partial charge is 0.496 e. The van der Waals surface area contributed by atoms with Gasteiger partial charge in [0, 0.05) is 28.6 Å².